The zero-order valence-corrected chi connectivity index (χ0v) is 14.7. The average molecular weight is 323 g/mol. The van der Waals surface area contributed by atoms with Gasteiger partial charge < -0.3 is 9.80 Å². The molecule has 2 heterocycles. The number of anilines is 1. The van der Waals surface area contributed by atoms with Gasteiger partial charge in [-0.3, -0.25) is 4.79 Å². The fraction of sp³-hybridized carbons (Fsp3) is 0.400. The van der Waals surface area contributed by atoms with Gasteiger partial charge in [0.05, 0.1) is 6.04 Å². The summed E-state index contributed by atoms with van der Waals surface area (Å²) in [5, 5.41) is 0. The molecule has 0 bridgehead atoms. The number of pyridine rings is 1. The number of amides is 1. The van der Waals surface area contributed by atoms with Crippen molar-refractivity contribution in [3.63, 3.8) is 0 Å². The van der Waals surface area contributed by atoms with Crippen LogP contribution in [0.5, 0.6) is 0 Å². The minimum Gasteiger partial charge on any atom is -0.363 e. The molecule has 1 saturated heterocycles. The van der Waals surface area contributed by atoms with Crippen LogP contribution in [0.15, 0.2) is 42.6 Å². The van der Waals surface area contributed by atoms with Crippen molar-refractivity contribution in [2.45, 2.75) is 32.2 Å². The first-order valence-corrected chi connectivity index (χ1v) is 8.58. The number of carbonyl (C=O) groups excluding carboxylic acids is 1. The number of hydrogen-bond donors (Lipinski definition) is 0. The molecular weight excluding hydrogens is 298 g/mol. The summed E-state index contributed by atoms with van der Waals surface area (Å²) in [4.78, 5) is 21.6. The fourth-order valence-corrected chi connectivity index (χ4v) is 3.51. The van der Waals surface area contributed by atoms with Crippen LogP contribution in [0.1, 0.15) is 46.8 Å². The lowest BCUT2D eigenvalue weighted by Crippen LogP contribution is -2.38. The molecule has 4 nitrogen and oxygen atoms in total. The molecule has 24 heavy (non-hydrogen) atoms. The Morgan fingerprint density at radius 1 is 1.21 bits per heavy atom. The van der Waals surface area contributed by atoms with Crippen LogP contribution in [-0.4, -0.2) is 36.4 Å². The highest BCUT2D eigenvalue weighted by atomic mass is 16.2. The molecule has 1 amide bonds. The van der Waals surface area contributed by atoms with Crippen molar-refractivity contribution in [1.82, 2.24) is 9.88 Å². The van der Waals surface area contributed by atoms with Gasteiger partial charge in [0.25, 0.3) is 5.91 Å². The molecule has 1 atom stereocenters. The van der Waals surface area contributed by atoms with Gasteiger partial charge in [-0.15, -0.1) is 0 Å². The van der Waals surface area contributed by atoms with Crippen LogP contribution < -0.4 is 4.90 Å². The summed E-state index contributed by atoms with van der Waals surface area (Å²) in [6.07, 6.45) is 5.15. The number of aryl methyl sites for hydroxylation is 1. The van der Waals surface area contributed by atoms with Crippen LogP contribution in [0.2, 0.25) is 0 Å². The summed E-state index contributed by atoms with van der Waals surface area (Å²) in [5.41, 5.74) is 3.05. The maximum atomic E-state index is 12.9. The third kappa shape index (κ3) is 3.28. The zero-order chi connectivity index (χ0) is 17.1. The van der Waals surface area contributed by atoms with Gasteiger partial charge in [-0.2, -0.15) is 0 Å². The summed E-state index contributed by atoms with van der Waals surface area (Å²) < 4.78 is 0. The van der Waals surface area contributed by atoms with Crippen molar-refractivity contribution in [1.29, 1.82) is 0 Å². The predicted molar refractivity (Wildman–Crippen MR) is 97.4 cm³/mol. The Morgan fingerprint density at radius 2 is 1.96 bits per heavy atom. The Labute approximate surface area is 144 Å². The number of piperidine rings is 1. The third-order valence-corrected chi connectivity index (χ3v) is 4.66. The van der Waals surface area contributed by atoms with Gasteiger partial charge in [0.15, 0.2) is 0 Å². The Balaban J connectivity index is 1.90. The van der Waals surface area contributed by atoms with Gasteiger partial charge >= 0.3 is 0 Å². The van der Waals surface area contributed by atoms with Crippen molar-refractivity contribution in [3.8, 4) is 0 Å². The zero-order valence-electron chi connectivity index (χ0n) is 14.7. The minimum atomic E-state index is 0.119. The van der Waals surface area contributed by atoms with Gasteiger partial charge in [0, 0.05) is 32.4 Å². The van der Waals surface area contributed by atoms with Crippen LogP contribution >= 0.6 is 0 Å². The predicted octanol–water partition coefficient (Wildman–Crippen LogP) is 3.82. The molecular formula is C20H25N3O. The van der Waals surface area contributed by atoms with E-state index in [1.54, 1.807) is 0 Å². The topological polar surface area (TPSA) is 36.4 Å². The number of aromatic nitrogens is 1. The molecule has 4 heteroatoms. The van der Waals surface area contributed by atoms with Crippen molar-refractivity contribution < 1.29 is 4.79 Å². The number of hydrogen-bond acceptors (Lipinski definition) is 3. The van der Waals surface area contributed by atoms with Crippen molar-refractivity contribution >= 4 is 11.7 Å². The molecule has 3 rings (SSSR count). The Bertz CT molecular complexity index is 712. The van der Waals surface area contributed by atoms with Gasteiger partial charge in [0.1, 0.15) is 5.82 Å². The molecule has 0 saturated carbocycles. The van der Waals surface area contributed by atoms with E-state index >= 15 is 0 Å². The summed E-state index contributed by atoms with van der Waals surface area (Å²) in [6.45, 7) is 2.89. The molecule has 1 unspecified atom stereocenters. The molecule has 1 aliphatic heterocycles. The van der Waals surface area contributed by atoms with E-state index < -0.39 is 0 Å². The summed E-state index contributed by atoms with van der Waals surface area (Å²) in [7, 11) is 4.00. The molecule has 1 fully saturated rings. The van der Waals surface area contributed by atoms with E-state index in [1.807, 2.05) is 60.4 Å². The van der Waals surface area contributed by atoms with Crippen LogP contribution in [0.25, 0.3) is 0 Å². The second-order valence-corrected chi connectivity index (χ2v) is 6.68. The molecule has 0 aliphatic carbocycles. The van der Waals surface area contributed by atoms with Gasteiger partial charge in [-0.25, -0.2) is 4.98 Å². The normalized spacial score (nSPS) is 17.6. The number of nitrogens with zero attached hydrogens (tertiary/aromatic N) is 3. The van der Waals surface area contributed by atoms with E-state index in [0.29, 0.717) is 0 Å². The summed E-state index contributed by atoms with van der Waals surface area (Å²) in [6, 6.07) is 11.9. The van der Waals surface area contributed by atoms with Gasteiger partial charge in [-0.1, -0.05) is 18.2 Å². The van der Waals surface area contributed by atoms with Gasteiger partial charge in [0.2, 0.25) is 0 Å². The SMILES string of the molecule is Cc1cc(C2CCCCN2C(=O)c2ccccc2)cnc1N(C)C. The maximum Gasteiger partial charge on any atom is 0.254 e. The Hall–Kier alpha value is -2.36. The molecule has 0 N–H and O–H groups in total. The quantitative estimate of drug-likeness (QED) is 0.861. The number of benzene rings is 1. The molecule has 126 valence electrons. The Kier molecular flexibility index (Phi) is 4.84. The highest BCUT2D eigenvalue weighted by Crippen LogP contribution is 2.33. The highest BCUT2D eigenvalue weighted by Gasteiger charge is 2.29. The number of likely N-dealkylation sites (tertiary alicyclic amines) is 1. The molecule has 0 radical (unpaired) electrons. The lowest BCUT2D eigenvalue weighted by molar-refractivity contribution is 0.0611. The fourth-order valence-electron chi connectivity index (χ4n) is 3.51. The highest BCUT2D eigenvalue weighted by molar-refractivity contribution is 5.94. The van der Waals surface area contributed by atoms with E-state index in [0.717, 1.165) is 48.3 Å². The lowest BCUT2D eigenvalue weighted by Gasteiger charge is -2.36. The third-order valence-electron chi connectivity index (χ3n) is 4.66. The van der Waals surface area contributed by atoms with E-state index in [9.17, 15) is 4.79 Å². The smallest absolute Gasteiger partial charge is 0.254 e. The minimum absolute atomic E-state index is 0.119. The average Bonchev–Trinajstić information content (AvgIpc) is 2.61. The molecule has 1 aliphatic rings. The van der Waals surface area contributed by atoms with Crippen molar-refractivity contribution in [2.75, 3.05) is 25.5 Å². The summed E-state index contributed by atoms with van der Waals surface area (Å²) >= 11 is 0. The van der Waals surface area contributed by atoms with Crippen molar-refractivity contribution in [2.24, 2.45) is 0 Å². The first kappa shape index (κ1) is 16.5. The largest absolute Gasteiger partial charge is 0.363 e. The van der Waals surface area contributed by atoms with Crippen molar-refractivity contribution in [3.05, 3.63) is 59.3 Å². The lowest BCUT2D eigenvalue weighted by atomic mass is 9.94. The second-order valence-electron chi connectivity index (χ2n) is 6.68. The first-order chi connectivity index (χ1) is 11.6. The van der Waals surface area contributed by atoms with Crippen LogP contribution in [-0.2, 0) is 0 Å². The monoisotopic (exact) mass is 323 g/mol. The molecule has 0 spiro atoms. The first-order valence-electron chi connectivity index (χ1n) is 8.58. The summed E-state index contributed by atoms with van der Waals surface area (Å²) in [5.74, 6) is 1.10. The standard InChI is InChI=1S/C20H25N3O/c1-15-13-17(14-21-19(15)22(2)3)18-11-7-8-12-23(18)20(24)16-9-5-4-6-10-16/h4-6,9-10,13-14,18H,7-8,11-12H2,1-3H3. The molecule has 1 aromatic carbocycles. The van der Waals surface area contributed by atoms with Crippen LogP contribution in [0.4, 0.5) is 5.82 Å². The Morgan fingerprint density at radius 3 is 2.62 bits per heavy atom. The second kappa shape index (κ2) is 7.04. The van der Waals surface area contributed by atoms with Gasteiger partial charge in [-0.05, 0) is 55.5 Å². The maximum absolute atomic E-state index is 12.9. The molecule has 1 aromatic heterocycles. The number of carbonyl (C=O) groups is 1. The van der Waals surface area contributed by atoms with Crippen LogP contribution in [0.3, 0.4) is 0 Å². The van der Waals surface area contributed by atoms with E-state index in [4.69, 9.17) is 0 Å². The van der Waals surface area contributed by atoms with E-state index in [2.05, 4.69) is 18.0 Å². The number of rotatable bonds is 3. The molecule has 2 aromatic rings. The van der Waals surface area contributed by atoms with Crippen LogP contribution in [0, 0.1) is 6.92 Å². The van der Waals surface area contributed by atoms with E-state index in [-0.39, 0.29) is 11.9 Å². The van der Waals surface area contributed by atoms with E-state index in [1.165, 1.54) is 0 Å².